The van der Waals surface area contributed by atoms with E-state index in [1.807, 2.05) is 0 Å². The minimum Gasteiger partial charge on any atom is -0.383 e. The quantitative estimate of drug-likeness (QED) is 0.725. The second-order valence-electron chi connectivity index (χ2n) is 4.81. The molecule has 0 bridgehead atoms. The van der Waals surface area contributed by atoms with Crippen LogP contribution in [0.4, 0.5) is 13.2 Å². The van der Waals surface area contributed by atoms with Gasteiger partial charge in [0.25, 0.3) is 0 Å². The Morgan fingerprint density at radius 3 is 2.42 bits per heavy atom. The molecule has 0 atom stereocenters. The molecule has 0 radical (unpaired) electrons. The summed E-state index contributed by atoms with van der Waals surface area (Å²) in [5.41, 5.74) is 0. The SMILES string of the molecule is COCCNC(=O)CNC1CCC(C(F)(F)F)CC1. The van der Waals surface area contributed by atoms with Gasteiger partial charge in [-0.1, -0.05) is 0 Å². The number of amides is 1. The Kier molecular flexibility index (Phi) is 6.57. The molecule has 0 aromatic rings. The Labute approximate surface area is 111 Å². The molecule has 1 aliphatic rings. The average Bonchev–Trinajstić information content (AvgIpc) is 2.36. The van der Waals surface area contributed by atoms with Crippen molar-refractivity contribution in [2.75, 3.05) is 26.8 Å². The minimum atomic E-state index is -4.08. The van der Waals surface area contributed by atoms with Crippen LogP contribution in [-0.2, 0) is 9.53 Å². The number of halogens is 3. The molecule has 4 nitrogen and oxygen atoms in total. The summed E-state index contributed by atoms with van der Waals surface area (Å²) in [4.78, 5) is 11.4. The first-order chi connectivity index (χ1) is 8.93. The van der Waals surface area contributed by atoms with Gasteiger partial charge in [-0.15, -0.1) is 0 Å². The summed E-state index contributed by atoms with van der Waals surface area (Å²) in [6.45, 7) is 1.03. The van der Waals surface area contributed by atoms with Crippen molar-refractivity contribution in [3.8, 4) is 0 Å². The molecule has 1 fully saturated rings. The van der Waals surface area contributed by atoms with E-state index in [9.17, 15) is 18.0 Å². The lowest BCUT2D eigenvalue weighted by molar-refractivity contribution is -0.182. The molecule has 0 aromatic heterocycles. The summed E-state index contributed by atoms with van der Waals surface area (Å²) in [5.74, 6) is -1.34. The van der Waals surface area contributed by atoms with Gasteiger partial charge in [0.05, 0.1) is 19.1 Å². The fourth-order valence-corrected chi connectivity index (χ4v) is 2.22. The first-order valence-electron chi connectivity index (χ1n) is 6.49. The van der Waals surface area contributed by atoms with Crippen LogP contribution >= 0.6 is 0 Å². The van der Waals surface area contributed by atoms with Crippen LogP contribution in [0.25, 0.3) is 0 Å². The van der Waals surface area contributed by atoms with Crippen LogP contribution in [0.5, 0.6) is 0 Å². The summed E-state index contributed by atoms with van der Waals surface area (Å²) in [6.07, 6.45) is -2.85. The van der Waals surface area contributed by atoms with Crippen LogP contribution in [-0.4, -0.2) is 44.9 Å². The van der Waals surface area contributed by atoms with Gasteiger partial charge >= 0.3 is 6.18 Å². The van der Waals surface area contributed by atoms with Crippen molar-refractivity contribution in [1.29, 1.82) is 0 Å². The summed E-state index contributed by atoms with van der Waals surface area (Å²) in [6, 6.07) is 0.00627. The number of rotatable bonds is 6. The van der Waals surface area contributed by atoms with Crippen molar-refractivity contribution in [3.63, 3.8) is 0 Å². The molecule has 0 aliphatic heterocycles. The topological polar surface area (TPSA) is 50.4 Å². The summed E-state index contributed by atoms with van der Waals surface area (Å²) >= 11 is 0. The summed E-state index contributed by atoms with van der Waals surface area (Å²) < 4.78 is 42.2. The highest BCUT2D eigenvalue weighted by molar-refractivity contribution is 5.77. The number of hydrogen-bond acceptors (Lipinski definition) is 3. The maximum absolute atomic E-state index is 12.5. The minimum absolute atomic E-state index is 0.00627. The van der Waals surface area contributed by atoms with Crippen LogP contribution in [0.2, 0.25) is 0 Å². The molecule has 0 spiro atoms. The van der Waals surface area contributed by atoms with E-state index in [-0.39, 0.29) is 31.3 Å². The molecule has 0 unspecified atom stereocenters. The number of alkyl halides is 3. The van der Waals surface area contributed by atoms with Crippen LogP contribution in [0.1, 0.15) is 25.7 Å². The van der Waals surface area contributed by atoms with Crippen LogP contribution < -0.4 is 10.6 Å². The molecule has 0 heterocycles. The van der Waals surface area contributed by atoms with Gasteiger partial charge in [-0.3, -0.25) is 4.79 Å². The monoisotopic (exact) mass is 282 g/mol. The third-order valence-electron chi connectivity index (χ3n) is 3.37. The molecule has 1 rings (SSSR count). The van der Waals surface area contributed by atoms with Gasteiger partial charge in [0.1, 0.15) is 0 Å². The average molecular weight is 282 g/mol. The van der Waals surface area contributed by atoms with Gasteiger partial charge in [-0.05, 0) is 25.7 Å². The van der Waals surface area contributed by atoms with E-state index in [1.54, 1.807) is 7.11 Å². The lowest BCUT2D eigenvalue weighted by Gasteiger charge is -2.30. The predicted octanol–water partition coefficient (Wildman–Crippen LogP) is 1.46. The van der Waals surface area contributed by atoms with Crippen LogP contribution in [0, 0.1) is 5.92 Å². The van der Waals surface area contributed by atoms with E-state index >= 15 is 0 Å². The Balaban J connectivity index is 2.14. The number of ether oxygens (including phenoxy) is 1. The van der Waals surface area contributed by atoms with Gasteiger partial charge in [0, 0.05) is 19.7 Å². The molecular formula is C12H21F3N2O2. The van der Waals surface area contributed by atoms with E-state index in [0.29, 0.717) is 26.0 Å². The molecule has 1 saturated carbocycles. The summed E-state index contributed by atoms with van der Waals surface area (Å²) in [5, 5.41) is 5.65. The number of nitrogens with one attached hydrogen (secondary N) is 2. The lowest BCUT2D eigenvalue weighted by atomic mass is 9.85. The molecule has 112 valence electrons. The van der Waals surface area contributed by atoms with Crippen LogP contribution in [0.15, 0.2) is 0 Å². The fourth-order valence-electron chi connectivity index (χ4n) is 2.22. The molecule has 0 aromatic carbocycles. The lowest BCUT2D eigenvalue weighted by Crippen LogP contribution is -2.42. The van der Waals surface area contributed by atoms with Crippen molar-refractivity contribution in [1.82, 2.24) is 10.6 Å². The van der Waals surface area contributed by atoms with Crippen molar-refractivity contribution in [2.45, 2.75) is 37.9 Å². The molecule has 2 N–H and O–H groups in total. The Morgan fingerprint density at radius 2 is 1.89 bits per heavy atom. The van der Waals surface area contributed by atoms with E-state index in [2.05, 4.69) is 10.6 Å². The Hall–Kier alpha value is -0.820. The second-order valence-corrected chi connectivity index (χ2v) is 4.81. The highest BCUT2D eigenvalue weighted by Gasteiger charge is 2.41. The normalized spacial score (nSPS) is 24.2. The van der Waals surface area contributed by atoms with Crippen molar-refractivity contribution in [2.24, 2.45) is 5.92 Å². The van der Waals surface area contributed by atoms with Crippen molar-refractivity contribution < 1.29 is 22.7 Å². The molecule has 7 heteroatoms. The predicted molar refractivity (Wildman–Crippen MR) is 64.7 cm³/mol. The van der Waals surface area contributed by atoms with Gasteiger partial charge in [-0.25, -0.2) is 0 Å². The number of carbonyl (C=O) groups is 1. The maximum Gasteiger partial charge on any atom is 0.391 e. The third kappa shape index (κ3) is 6.24. The first kappa shape index (κ1) is 16.2. The van der Waals surface area contributed by atoms with Crippen molar-refractivity contribution >= 4 is 5.91 Å². The van der Waals surface area contributed by atoms with Gasteiger partial charge in [0.2, 0.25) is 5.91 Å². The zero-order valence-corrected chi connectivity index (χ0v) is 11.1. The Morgan fingerprint density at radius 1 is 1.26 bits per heavy atom. The molecular weight excluding hydrogens is 261 g/mol. The van der Waals surface area contributed by atoms with E-state index < -0.39 is 12.1 Å². The molecule has 1 amide bonds. The van der Waals surface area contributed by atoms with Crippen LogP contribution in [0.3, 0.4) is 0 Å². The summed E-state index contributed by atoms with van der Waals surface area (Å²) in [7, 11) is 1.55. The second kappa shape index (κ2) is 7.69. The highest BCUT2D eigenvalue weighted by atomic mass is 19.4. The zero-order chi connectivity index (χ0) is 14.3. The number of hydrogen-bond donors (Lipinski definition) is 2. The van der Waals surface area contributed by atoms with Gasteiger partial charge < -0.3 is 15.4 Å². The largest absolute Gasteiger partial charge is 0.391 e. The highest BCUT2D eigenvalue weighted by Crippen LogP contribution is 2.37. The number of methoxy groups -OCH3 is 1. The van der Waals surface area contributed by atoms with Crippen molar-refractivity contribution in [3.05, 3.63) is 0 Å². The maximum atomic E-state index is 12.5. The van der Waals surface area contributed by atoms with E-state index in [0.717, 1.165) is 0 Å². The molecule has 19 heavy (non-hydrogen) atoms. The standard InChI is InChI=1S/C12H21F3N2O2/c1-19-7-6-16-11(18)8-17-10-4-2-9(3-5-10)12(13,14)15/h9-10,17H,2-8H2,1H3,(H,16,18). The van der Waals surface area contributed by atoms with E-state index in [1.165, 1.54) is 0 Å². The Bertz CT molecular complexity index is 277. The first-order valence-corrected chi connectivity index (χ1v) is 6.49. The number of carbonyl (C=O) groups excluding carboxylic acids is 1. The van der Waals surface area contributed by atoms with Gasteiger partial charge in [0.15, 0.2) is 0 Å². The van der Waals surface area contributed by atoms with E-state index in [4.69, 9.17) is 4.74 Å². The third-order valence-corrected chi connectivity index (χ3v) is 3.37. The molecule has 1 aliphatic carbocycles. The fraction of sp³-hybridized carbons (Fsp3) is 0.917. The molecule has 0 saturated heterocycles. The zero-order valence-electron chi connectivity index (χ0n) is 11.1. The van der Waals surface area contributed by atoms with Gasteiger partial charge in [-0.2, -0.15) is 13.2 Å². The smallest absolute Gasteiger partial charge is 0.383 e.